The minimum atomic E-state index is -0.311. The minimum absolute atomic E-state index is 0.311. The molecular weight excluding hydrogens is 286 g/mol. The highest BCUT2D eigenvalue weighted by molar-refractivity contribution is 6.09. The first kappa shape index (κ1) is 13.6. The maximum Gasteiger partial charge on any atom is 0.308 e. The van der Waals surface area contributed by atoms with Crippen LogP contribution in [0.2, 0.25) is 0 Å². The molecule has 3 aromatic carbocycles. The average Bonchev–Trinajstić information content (AvgIpc) is 2.90. The fourth-order valence-electron chi connectivity index (χ4n) is 3.03. The number of carbonyl (C=O) groups excluding carboxylic acids is 1. The van der Waals surface area contributed by atoms with E-state index >= 15 is 0 Å². The summed E-state index contributed by atoms with van der Waals surface area (Å²) in [4.78, 5) is 11.0. The van der Waals surface area contributed by atoms with Gasteiger partial charge in [-0.2, -0.15) is 0 Å². The van der Waals surface area contributed by atoms with Gasteiger partial charge in [0, 0.05) is 23.4 Å². The Labute approximate surface area is 133 Å². The summed E-state index contributed by atoms with van der Waals surface area (Å²) < 4.78 is 7.34. The second-order valence-corrected chi connectivity index (χ2v) is 5.46. The highest BCUT2D eigenvalue weighted by Gasteiger charge is 2.11. The maximum absolute atomic E-state index is 11.0. The second-order valence-electron chi connectivity index (χ2n) is 5.46. The summed E-state index contributed by atoms with van der Waals surface area (Å²) in [7, 11) is 0. The summed E-state index contributed by atoms with van der Waals surface area (Å²) in [5.74, 6) is 0.247. The topological polar surface area (TPSA) is 31.2 Å². The number of para-hydroxylation sites is 2. The van der Waals surface area contributed by atoms with Crippen molar-refractivity contribution in [2.75, 3.05) is 0 Å². The Morgan fingerprint density at radius 2 is 1.30 bits per heavy atom. The fraction of sp³-hybridized carbons (Fsp3) is 0.0500. The van der Waals surface area contributed by atoms with Gasteiger partial charge in [0.15, 0.2) is 0 Å². The number of ether oxygens (including phenoxy) is 1. The van der Waals surface area contributed by atoms with Gasteiger partial charge in [-0.3, -0.25) is 4.79 Å². The third-order valence-electron chi connectivity index (χ3n) is 3.94. The molecule has 1 aromatic heterocycles. The lowest BCUT2D eigenvalue weighted by Crippen LogP contribution is -2.01. The van der Waals surface area contributed by atoms with E-state index in [9.17, 15) is 4.79 Å². The van der Waals surface area contributed by atoms with E-state index in [1.54, 1.807) is 0 Å². The average molecular weight is 301 g/mol. The summed E-state index contributed by atoms with van der Waals surface area (Å²) in [6.07, 6.45) is 0. The number of benzene rings is 3. The summed E-state index contributed by atoms with van der Waals surface area (Å²) in [6, 6.07) is 24.3. The molecule has 0 amide bonds. The van der Waals surface area contributed by atoms with E-state index in [0.717, 1.165) is 16.7 Å². The summed E-state index contributed by atoms with van der Waals surface area (Å²) in [5.41, 5.74) is 3.36. The molecule has 0 aliphatic heterocycles. The van der Waals surface area contributed by atoms with E-state index < -0.39 is 0 Å². The maximum atomic E-state index is 11.0. The van der Waals surface area contributed by atoms with Crippen LogP contribution in [0.25, 0.3) is 27.5 Å². The zero-order valence-electron chi connectivity index (χ0n) is 12.7. The molecule has 0 aliphatic rings. The number of hydrogen-bond acceptors (Lipinski definition) is 2. The van der Waals surface area contributed by atoms with Crippen molar-refractivity contribution in [3.05, 3.63) is 72.8 Å². The molecule has 0 radical (unpaired) electrons. The second kappa shape index (κ2) is 5.29. The minimum Gasteiger partial charge on any atom is -0.427 e. The van der Waals surface area contributed by atoms with E-state index in [1.807, 2.05) is 36.4 Å². The van der Waals surface area contributed by atoms with Crippen LogP contribution in [0.15, 0.2) is 72.8 Å². The summed E-state index contributed by atoms with van der Waals surface area (Å²) >= 11 is 0. The first-order chi connectivity index (χ1) is 11.2. The Hall–Kier alpha value is -3.07. The van der Waals surface area contributed by atoms with Gasteiger partial charge in [0.1, 0.15) is 5.75 Å². The van der Waals surface area contributed by atoms with Gasteiger partial charge >= 0.3 is 5.97 Å². The van der Waals surface area contributed by atoms with Crippen molar-refractivity contribution in [1.82, 2.24) is 4.57 Å². The van der Waals surface area contributed by atoms with Gasteiger partial charge in [0.05, 0.1) is 11.0 Å². The zero-order chi connectivity index (χ0) is 15.8. The van der Waals surface area contributed by atoms with Crippen LogP contribution in [0.1, 0.15) is 6.92 Å². The van der Waals surface area contributed by atoms with Gasteiger partial charge in [-0.15, -0.1) is 0 Å². The lowest BCUT2D eigenvalue weighted by atomic mass is 10.2. The van der Waals surface area contributed by atoms with Gasteiger partial charge in [-0.1, -0.05) is 36.4 Å². The van der Waals surface area contributed by atoms with Crippen LogP contribution in [-0.4, -0.2) is 10.5 Å². The standard InChI is InChI=1S/C20H15NO2/c1-14(22)23-16-12-10-15(11-13-16)21-19-8-4-2-6-17(19)18-7-3-5-9-20(18)21/h2-13H,1H3. The predicted molar refractivity (Wildman–Crippen MR) is 92.1 cm³/mol. The molecule has 112 valence electrons. The molecule has 0 aliphatic carbocycles. The van der Waals surface area contributed by atoms with Gasteiger partial charge < -0.3 is 9.30 Å². The number of aromatic nitrogens is 1. The Kier molecular flexibility index (Phi) is 3.12. The van der Waals surface area contributed by atoms with Crippen molar-refractivity contribution in [3.63, 3.8) is 0 Å². The lowest BCUT2D eigenvalue weighted by Gasteiger charge is -2.08. The van der Waals surface area contributed by atoms with Gasteiger partial charge in [-0.05, 0) is 36.4 Å². The molecule has 0 bridgehead atoms. The van der Waals surface area contributed by atoms with Crippen molar-refractivity contribution in [1.29, 1.82) is 0 Å². The smallest absolute Gasteiger partial charge is 0.308 e. The van der Waals surface area contributed by atoms with Crippen LogP contribution in [-0.2, 0) is 4.79 Å². The number of nitrogens with zero attached hydrogens (tertiary/aromatic N) is 1. The molecular formula is C20H15NO2. The normalized spacial score (nSPS) is 11.0. The molecule has 4 rings (SSSR count). The first-order valence-corrected chi connectivity index (χ1v) is 7.51. The molecule has 1 heterocycles. The molecule has 0 spiro atoms. The van der Waals surface area contributed by atoms with Gasteiger partial charge in [0.25, 0.3) is 0 Å². The zero-order valence-corrected chi connectivity index (χ0v) is 12.7. The monoisotopic (exact) mass is 301 g/mol. The van der Waals surface area contributed by atoms with E-state index in [0.29, 0.717) is 5.75 Å². The van der Waals surface area contributed by atoms with Crippen molar-refractivity contribution >= 4 is 27.8 Å². The predicted octanol–water partition coefficient (Wildman–Crippen LogP) is 4.71. The van der Waals surface area contributed by atoms with Crippen molar-refractivity contribution in [3.8, 4) is 11.4 Å². The number of esters is 1. The van der Waals surface area contributed by atoms with Gasteiger partial charge in [0.2, 0.25) is 0 Å². The van der Waals surface area contributed by atoms with Crippen molar-refractivity contribution in [2.45, 2.75) is 6.92 Å². The van der Waals surface area contributed by atoms with Crippen LogP contribution < -0.4 is 4.74 Å². The van der Waals surface area contributed by atoms with Crippen LogP contribution in [0.3, 0.4) is 0 Å². The molecule has 0 N–H and O–H groups in total. The lowest BCUT2D eigenvalue weighted by molar-refractivity contribution is -0.131. The third-order valence-corrected chi connectivity index (χ3v) is 3.94. The Morgan fingerprint density at radius 3 is 1.83 bits per heavy atom. The fourth-order valence-corrected chi connectivity index (χ4v) is 3.03. The Morgan fingerprint density at radius 1 is 0.783 bits per heavy atom. The van der Waals surface area contributed by atoms with E-state index in [2.05, 4.69) is 41.0 Å². The van der Waals surface area contributed by atoms with Crippen molar-refractivity contribution < 1.29 is 9.53 Å². The van der Waals surface area contributed by atoms with E-state index in [-0.39, 0.29) is 5.97 Å². The highest BCUT2D eigenvalue weighted by Crippen LogP contribution is 2.32. The number of hydrogen-bond donors (Lipinski definition) is 0. The number of carbonyl (C=O) groups is 1. The van der Waals surface area contributed by atoms with Crippen LogP contribution in [0.5, 0.6) is 5.75 Å². The number of rotatable bonds is 2. The molecule has 3 nitrogen and oxygen atoms in total. The highest BCUT2D eigenvalue weighted by atomic mass is 16.5. The van der Waals surface area contributed by atoms with Crippen LogP contribution in [0, 0.1) is 0 Å². The summed E-state index contributed by atoms with van der Waals surface area (Å²) in [5, 5.41) is 2.46. The molecule has 0 fully saturated rings. The quantitative estimate of drug-likeness (QED) is 0.396. The number of fused-ring (bicyclic) bond motifs is 3. The molecule has 0 atom stereocenters. The van der Waals surface area contributed by atoms with Crippen LogP contribution in [0.4, 0.5) is 0 Å². The summed E-state index contributed by atoms with van der Waals surface area (Å²) in [6.45, 7) is 1.40. The van der Waals surface area contributed by atoms with E-state index in [1.165, 1.54) is 17.7 Å². The molecule has 0 unspecified atom stereocenters. The van der Waals surface area contributed by atoms with Crippen LogP contribution >= 0.6 is 0 Å². The SMILES string of the molecule is CC(=O)Oc1ccc(-n2c3ccccc3c3ccccc32)cc1. The molecule has 0 saturated heterocycles. The van der Waals surface area contributed by atoms with Crippen molar-refractivity contribution in [2.24, 2.45) is 0 Å². The molecule has 3 heteroatoms. The van der Waals surface area contributed by atoms with Gasteiger partial charge in [-0.25, -0.2) is 0 Å². The third kappa shape index (κ3) is 2.27. The van der Waals surface area contributed by atoms with E-state index in [4.69, 9.17) is 4.74 Å². The largest absolute Gasteiger partial charge is 0.427 e. The molecule has 23 heavy (non-hydrogen) atoms. The first-order valence-electron chi connectivity index (χ1n) is 7.51. The Bertz CT molecular complexity index is 960. The molecule has 0 saturated carbocycles. The molecule has 4 aromatic rings. The Balaban J connectivity index is 1.95.